The van der Waals surface area contributed by atoms with Gasteiger partial charge in [-0.15, -0.1) is 0 Å². The molecule has 2 N–H and O–H groups in total. The molecule has 0 aliphatic carbocycles. The van der Waals surface area contributed by atoms with E-state index in [1.54, 1.807) is 19.4 Å². The number of carbonyl (C=O) groups is 1. The fourth-order valence-corrected chi connectivity index (χ4v) is 2.00. The number of amides is 1. The Morgan fingerprint density at radius 1 is 1.29 bits per heavy atom. The monoisotopic (exact) mass is 335 g/mol. The van der Waals surface area contributed by atoms with Crippen LogP contribution in [-0.2, 0) is 14.9 Å². The van der Waals surface area contributed by atoms with Gasteiger partial charge in [-0.1, -0.05) is 0 Å². The predicted octanol–water partition coefficient (Wildman–Crippen LogP) is 0.798. The minimum Gasteiger partial charge on any atom is -0.348 e. The highest BCUT2D eigenvalue weighted by atomic mass is 32.2. The van der Waals surface area contributed by atoms with Crippen molar-refractivity contribution in [2.75, 3.05) is 33.7 Å². The van der Waals surface area contributed by atoms with E-state index in [0.717, 1.165) is 0 Å². The number of hydrogen-bond donors (Lipinski definition) is 2. The van der Waals surface area contributed by atoms with Crippen LogP contribution in [0.2, 0.25) is 0 Å². The molecule has 0 radical (unpaired) electrons. The van der Waals surface area contributed by atoms with Gasteiger partial charge in [0.2, 0.25) is 0 Å². The van der Waals surface area contributed by atoms with Crippen molar-refractivity contribution in [1.82, 2.24) is 5.32 Å². The first kappa shape index (κ1) is 20.1. The molecule has 10 heteroatoms. The summed E-state index contributed by atoms with van der Waals surface area (Å²) in [5.74, 6) is -1.96. The van der Waals surface area contributed by atoms with Crippen LogP contribution in [0.1, 0.15) is 19.8 Å². The Labute approximate surface area is 122 Å². The van der Waals surface area contributed by atoms with Crippen LogP contribution >= 0.6 is 0 Å². The first-order valence-corrected chi connectivity index (χ1v) is 7.89. The third-order valence-corrected chi connectivity index (χ3v) is 4.39. The minimum atomic E-state index is -4.88. The number of nitrogens with one attached hydrogen (secondary N) is 1. The second-order valence-corrected chi connectivity index (χ2v) is 7.44. The van der Waals surface area contributed by atoms with Crippen molar-refractivity contribution in [3.05, 3.63) is 0 Å². The maximum absolute atomic E-state index is 11.9. The van der Waals surface area contributed by atoms with E-state index in [9.17, 15) is 26.4 Å². The Morgan fingerprint density at radius 3 is 2.24 bits per heavy atom. The van der Waals surface area contributed by atoms with E-state index >= 15 is 0 Å². The van der Waals surface area contributed by atoms with Gasteiger partial charge in [0, 0.05) is 19.4 Å². The van der Waals surface area contributed by atoms with Gasteiger partial charge in [-0.05, 0) is 6.92 Å². The van der Waals surface area contributed by atoms with Crippen molar-refractivity contribution in [2.24, 2.45) is 0 Å². The summed E-state index contributed by atoms with van der Waals surface area (Å²) in [5.41, 5.74) is 0. The summed E-state index contributed by atoms with van der Waals surface area (Å²) in [5, 5.41) is 0.885. The summed E-state index contributed by atoms with van der Waals surface area (Å²) in [6, 6.07) is 0. The van der Waals surface area contributed by atoms with Crippen molar-refractivity contribution in [3.63, 3.8) is 0 Å². The third kappa shape index (κ3) is 8.89. The Balaban J connectivity index is 4.07. The van der Waals surface area contributed by atoms with Crippen LogP contribution in [0, 0.1) is 0 Å². The number of alkyl halides is 3. The maximum Gasteiger partial charge on any atom is 0.471 e. The molecule has 6 nitrogen and oxygen atoms in total. The van der Waals surface area contributed by atoms with Crippen molar-refractivity contribution in [1.29, 1.82) is 0 Å². The van der Waals surface area contributed by atoms with Crippen LogP contribution in [0.15, 0.2) is 0 Å². The second kappa shape index (κ2) is 7.41. The molecule has 0 aromatic carbocycles. The minimum absolute atomic E-state index is 0.103. The molecule has 0 bridgehead atoms. The highest BCUT2D eigenvalue weighted by Crippen LogP contribution is 2.14. The van der Waals surface area contributed by atoms with Crippen LogP contribution in [0.3, 0.4) is 0 Å². The first-order chi connectivity index (χ1) is 9.26. The first-order valence-electron chi connectivity index (χ1n) is 6.39. The van der Waals surface area contributed by atoms with E-state index in [0.29, 0.717) is 24.0 Å². The molecule has 0 aromatic heterocycles. The van der Waals surface area contributed by atoms with E-state index < -0.39 is 27.5 Å². The number of hydrogen-bond acceptors (Lipinski definition) is 3. The van der Waals surface area contributed by atoms with Gasteiger partial charge in [-0.3, -0.25) is 9.35 Å². The molecule has 1 amide bonds. The normalized spacial score (nSPS) is 14.8. The predicted molar refractivity (Wildman–Crippen MR) is 71.2 cm³/mol. The molecule has 1 atom stereocenters. The molecule has 0 fully saturated rings. The fraction of sp³-hybridized carbons (Fsp3) is 0.909. The standard InChI is InChI=1S/C11H21F3N2O4S/c1-9(21(18,19)20)5-8-16(2,3)7-4-6-15-10(17)11(12,13)14/h9H,4-8H2,1-3H3,(H-,15,17,18,19,20)/p+1. The number of rotatable bonds is 8. The number of halogens is 3. The maximum atomic E-state index is 11.9. The summed E-state index contributed by atoms with van der Waals surface area (Å²) in [4.78, 5) is 10.6. The smallest absolute Gasteiger partial charge is 0.348 e. The van der Waals surface area contributed by atoms with Crippen LogP contribution in [0.5, 0.6) is 0 Å². The molecule has 0 heterocycles. The van der Waals surface area contributed by atoms with E-state index in [2.05, 4.69) is 0 Å². The largest absolute Gasteiger partial charge is 0.471 e. The zero-order chi connectivity index (χ0) is 16.9. The lowest BCUT2D eigenvalue weighted by molar-refractivity contribution is -0.890. The fourth-order valence-electron chi connectivity index (χ4n) is 1.60. The Kier molecular flexibility index (Phi) is 7.10. The molecule has 0 aliphatic rings. The van der Waals surface area contributed by atoms with Crippen LogP contribution in [0.25, 0.3) is 0 Å². The highest BCUT2D eigenvalue weighted by molar-refractivity contribution is 7.86. The van der Waals surface area contributed by atoms with Gasteiger partial charge in [-0.2, -0.15) is 21.6 Å². The number of carbonyl (C=O) groups excluding carboxylic acids is 1. The number of nitrogens with zero attached hydrogens (tertiary/aromatic N) is 1. The second-order valence-electron chi connectivity index (χ2n) is 5.60. The molecule has 0 rings (SSSR count). The lowest BCUT2D eigenvalue weighted by Crippen LogP contribution is -2.44. The average Bonchev–Trinajstić information content (AvgIpc) is 2.29. The quantitative estimate of drug-likeness (QED) is 0.390. The molecule has 126 valence electrons. The molecule has 0 saturated heterocycles. The summed E-state index contributed by atoms with van der Waals surface area (Å²) >= 11 is 0. The summed E-state index contributed by atoms with van der Waals surface area (Å²) in [6.07, 6.45) is -4.31. The number of quaternary nitrogens is 1. The molecular weight excluding hydrogens is 313 g/mol. The molecule has 1 unspecified atom stereocenters. The van der Waals surface area contributed by atoms with Gasteiger partial charge in [0.15, 0.2) is 0 Å². The van der Waals surface area contributed by atoms with Gasteiger partial charge in [0.1, 0.15) is 0 Å². The van der Waals surface area contributed by atoms with E-state index in [1.807, 2.05) is 0 Å². The molecule has 21 heavy (non-hydrogen) atoms. The van der Waals surface area contributed by atoms with Crippen LogP contribution in [-0.4, -0.2) is 68.5 Å². The lowest BCUT2D eigenvalue weighted by atomic mass is 10.2. The van der Waals surface area contributed by atoms with Crippen molar-refractivity contribution >= 4 is 16.0 Å². The average molecular weight is 335 g/mol. The van der Waals surface area contributed by atoms with Crippen LogP contribution in [0.4, 0.5) is 13.2 Å². The Hall–Kier alpha value is -0.870. The lowest BCUT2D eigenvalue weighted by Gasteiger charge is -2.30. The SMILES string of the molecule is CC(CC[N+](C)(C)CCCNC(=O)C(F)(F)F)S(=O)(=O)O. The van der Waals surface area contributed by atoms with Crippen molar-refractivity contribution < 1.29 is 35.4 Å². The molecule has 0 aliphatic heterocycles. The molecule has 0 aromatic rings. The molecule has 0 saturated carbocycles. The summed E-state index contributed by atoms with van der Waals surface area (Å²) in [6.45, 7) is 2.19. The summed E-state index contributed by atoms with van der Waals surface area (Å²) in [7, 11) is -0.482. The Bertz CT molecular complexity index is 449. The topological polar surface area (TPSA) is 83.5 Å². The highest BCUT2D eigenvalue weighted by Gasteiger charge is 2.38. The van der Waals surface area contributed by atoms with Crippen molar-refractivity contribution in [2.45, 2.75) is 31.2 Å². The van der Waals surface area contributed by atoms with Gasteiger partial charge in [0.05, 0.1) is 32.4 Å². The van der Waals surface area contributed by atoms with Crippen LogP contribution < -0.4 is 5.32 Å². The van der Waals surface area contributed by atoms with E-state index in [1.165, 1.54) is 6.92 Å². The van der Waals surface area contributed by atoms with Gasteiger partial charge in [0.25, 0.3) is 10.1 Å². The molecular formula is C11H22F3N2O4S+. The molecule has 0 spiro atoms. The summed E-state index contributed by atoms with van der Waals surface area (Å²) < 4.78 is 66.8. The van der Waals surface area contributed by atoms with E-state index in [4.69, 9.17) is 4.55 Å². The van der Waals surface area contributed by atoms with Gasteiger partial charge in [-0.25, -0.2) is 0 Å². The van der Waals surface area contributed by atoms with Crippen molar-refractivity contribution in [3.8, 4) is 0 Å². The van der Waals surface area contributed by atoms with Gasteiger partial charge >= 0.3 is 12.1 Å². The third-order valence-electron chi connectivity index (χ3n) is 3.13. The zero-order valence-electron chi connectivity index (χ0n) is 12.3. The van der Waals surface area contributed by atoms with E-state index in [-0.39, 0.29) is 13.0 Å². The Morgan fingerprint density at radius 2 is 1.81 bits per heavy atom. The zero-order valence-corrected chi connectivity index (χ0v) is 13.1. The van der Waals surface area contributed by atoms with Gasteiger partial charge < -0.3 is 9.80 Å².